The van der Waals surface area contributed by atoms with Crippen molar-refractivity contribution in [1.29, 1.82) is 0 Å². The number of rotatable bonds is 8. The van der Waals surface area contributed by atoms with E-state index in [1.807, 2.05) is 0 Å². The van der Waals surface area contributed by atoms with Gasteiger partial charge >= 0.3 is 0 Å². The summed E-state index contributed by atoms with van der Waals surface area (Å²) >= 11 is 0. The third kappa shape index (κ3) is 5.59. The van der Waals surface area contributed by atoms with Gasteiger partial charge < -0.3 is 15.0 Å². The first kappa shape index (κ1) is 20.9. The Kier molecular flexibility index (Phi) is 7.42. The van der Waals surface area contributed by atoms with Crippen molar-refractivity contribution in [3.05, 3.63) is 35.9 Å². The molecule has 0 amide bonds. The summed E-state index contributed by atoms with van der Waals surface area (Å²) < 4.78 is 5.97. The second kappa shape index (κ2) is 9.59. The fourth-order valence-corrected chi connectivity index (χ4v) is 4.29. The first-order valence-electron chi connectivity index (χ1n) is 10.4. The number of likely N-dealkylation sites (tertiary alicyclic amines) is 1. The SMILES string of the molecule is CCNC(=NCC1(C2CC2)CC1)N1CCC(COCc2ccccc2)C1.I. The average molecular weight is 483 g/mol. The quantitative estimate of drug-likeness (QED) is 0.341. The lowest BCUT2D eigenvalue weighted by Crippen LogP contribution is -2.40. The minimum absolute atomic E-state index is 0. The van der Waals surface area contributed by atoms with Crippen LogP contribution in [0.3, 0.4) is 0 Å². The molecule has 0 radical (unpaired) electrons. The van der Waals surface area contributed by atoms with Crippen molar-refractivity contribution in [3.8, 4) is 0 Å². The Morgan fingerprint density at radius 1 is 1.22 bits per heavy atom. The second-order valence-corrected chi connectivity index (χ2v) is 8.41. The number of halogens is 1. The van der Waals surface area contributed by atoms with E-state index in [2.05, 4.69) is 47.5 Å². The summed E-state index contributed by atoms with van der Waals surface area (Å²) in [6, 6.07) is 10.5. The van der Waals surface area contributed by atoms with Crippen molar-refractivity contribution in [3.63, 3.8) is 0 Å². The van der Waals surface area contributed by atoms with Crippen LogP contribution in [-0.2, 0) is 11.3 Å². The normalized spacial score (nSPS) is 23.8. The van der Waals surface area contributed by atoms with Crippen molar-refractivity contribution in [2.45, 2.75) is 45.6 Å². The van der Waals surface area contributed by atoms with Gasteiger partial charge in [0.1, 0.15) is 0 Å². The minimum atomic E-state index is 0. The molecule has 0 bridgehead atoms. The molecule has 1 heterocycles. The summed E-state index contributed by atoms with van der Waals surface area (Å²) in [4.78, 5) is 7.49. The Hall–Kier alpha value is -0.820. The van der Waals surface area contributed by atoms with E-state index >= 15 is 0 Å². The lowest BCUT2D eigenvalue weighted by molar-refractivity contribution is 0.0906. The summed E-state index contributed by atoms with van der Waals surface area (Å²) in [6.45, 7) is 7.87. The standard InChI is InChI=1S/C22H33N3O.HI/c1-2-23-21(24-17-22(11-12-22)20-8-9-20)25-13-10-19(14-25)16-26-15-18-6-4-3-5-7-18;/h3-7,19-20H,2,8-17H2,1H3,(H,23,24);1H. The van der Waals surface area contributed by atoms with E-state index < -0.39 is 0 Å². The highest BCUT2D eigenvalue weighted by Gasteiger charge is 2.53. The number of guanidine groups is 1. The van der Waals surface area contributed by atoms with Crippen LogP contribution in [0.15, 0.2) is 35.3 Å². The summed E-state index contributed by atoms with van der Waals surface area (Å²) in [6.07, 6.45) is 6.88. The number of aliphatic imine (C=N–C) groups is 1. The van der Waals surface area contributed by atoms with Gasteiger partial charge in [-0.15, -0.1) is 24.0 Å². The Labute approximate surface area is 181 Å². The first-order chi connectivity index (χ1) is 12.8. The van der Waals surface area contributed by atoms with Gasteiger partial charge in [0.15, 0.2) is 5.96 Å². The number of hydrogen-bond acceptors (Lipinski definition) is 2. The van der Waals surface area contributed by atoms with Crippen LogP contribution in [0.1, 0.15) is 44.6 Å². The molecule has 3 fully saturated rings. The molecule has 1 aromatic rings. The van der Waals surface area contributed by atoms with Crippen LogP contribution < -0.4 is 5.32 Å². The van der Waals surface area contributed by atoms with E-state index in [0.29, 0.717) is 11.3 Å². The number of ether oxygens (including phenoxy) is 1. The Balaban J connectivity index is 0.00000210. The van der Waals surface area contributed by atoms with Crippen molar-refractivity contribution < 1.29 is 4.74 Å². The zero-order valence-corrected chi connectivity index (χ0v) is 18.9. The van der Waals surface area contributed by atoms with Gasteiger partial charge in [-0.1, -0.05) is 30.3 Å². The maximum absolute atomic E-state index is 5.97. The average Bonchev–Trinajstić information content (AvgIpc) is 3.58. The van der Waals surface area contributed by atoms with Crippen LogP contribution in [-0.4, -0.2) is 43.6 Å². The van der Waals surface area contributed by atoms with Gasteiger partial charge in [-0.2, -0.15) is 0 Å². The highest BCUT2D eigenvalue weighted by atomic mass is 127. The fourth-order valence-electron chi connectivity index (χ4n) is 4.29. The molecule has 0 aromatic heterocycles. The Morgan fingerprint density at radius 2 is 2.00 bits per heavy atom. The molecule has 1 atom stereocenters. The number of nitrogens with one attached hydrogen (secondary N) is 1. The largest absolute Gasteiger partial charge is 0.376 e. The summed E-state index contributed by atoms with van der Waals surface area (Å²) in [5.41, 5.74) is 1.84. The molecule has 2 aliphatic carbocycles. The molecular formula is C22H34IN3O. The molecule has 1 aliphatic heterocycles. The molecule has 27 heavy (non-hydrogen) atoms. The highest BCUT2D eigenvalue weighted by molar-refractivity contribution is 14.0. The smallest absolute Gasteiger partial charge is 0.193 e. The van der Waals surface area contributed by atoms with E-state index in [9.17, 15) is 0 Å². The van der Waals surface area contributed by atoms with Crippen LogP contribution in [0, 0.1) is 17.3 Å². The zero-order valence-electron chi connectivity index (χ0n) is 16.5. The molecule has 3 aliphatic rings. The van der Waals surface area contributed by atoms with Crippen LogP contribution in [0.5, 0.6) is 0 Å². The topological polar surface area (TPSA) is 36.9 Å². The number of nitrogens with zero attached hydrogens (tertiary/aromatic N) is 2. The Morgan fingerprint density at radius 3 is 2.67 bits per heavy atom. The Bertz CT molecular complexity index is 613. The second-order valence-electron chi connectivity index (χ2n) is 8.41. The van der Waals surface area contributed by atoms with Gasteiger partial charge in [0, 0.05) is 32.1 Å². The van der Waals surface area contributed by atoms with E-state index in [4.69, 9.17) is 9.73 Å². The van der Waals surface area contributed by atoms with E-state index in [-0.39, 0.29) is 24.0 Å². The molecule has 1 saturated heterocycles. The summed E-state index contributed by atoms with van der Waals surface area (Å²) in [5.74, 6) is 2.72. The van der Waals surface area contributed by atoms with E-state index in [1.54, 1.807) is 0 Å². The number of hydrogen-bond donors (Lipinski definition) is 1. The number of benzene rings is 1. The highest BCUT2D eigenvalue weighted by Crippen LogP contribution is 2.61. The molecule has 150 valence electrons. The lowest BCUT2D eigenvalue weighted by Gasteiger charge is -2.23. The molecule has 0 spiro atoms. The van der Waals surface area contributed by atoms with Gasteiger partial charge in [-0.25, -0.2) is 0 Å². The monoisotopic (exact) mass is 483 g/mol. The minimum Gasteiger partial charge on any atom is -0.376 e. The van der Waals surface area contributed by atoms with Gasteiger partial charge in [-0.05, 0) is 55.9 Å². The fraction of sp³-hybridized carbons (Fsp3) is 0.682. The molecular weight excluding hydrogens is 449 g/mol. The predicted molar refractivity (Wildman–Crippen MR) is 122 cm³/mol. The van der Waals surface area contributed by atoms with Gasteiger partial charge in [-0.3, -0.25) is 4.99 Å². The zero-order chi connectivity index (χ0) is 17.8. The lowest BCUT2D eigenvalue weighted by atomic mass is 10.0. The van der Waals surface area contributed by atoms with Gasteiger partial charge in [0.05, 0.1) is 13.2 Å². The van der Waals surface area contributed by atoms with Crippen molar-refractivity contribution >= 4 is 29.9 Å². The van der Waals surface area contributed by atoms with E-state index in [0.717, 1.165) is 51.3 Å². The summed E-state index contributed by atoms with van der Waals surface area (Å²) in [7, 11) is 0. The molecule has 1 aromatic carbocycles. The third-order valence-corrected chi connectivity index (χ3v) is 6.26. The maximum Gasteiger partial charge on any atom is 0.193 e. The molecule has 4 nitrogen and oxygen atoms in total. The third-order valence-electron chi connectivity index (χ3n) is 6.26. The summed E-state index contributed by atoms with van der Waals surface area (Å²) in [5, 5.41) is 3.52. The molecule has 1 unspecified atom stereocenters. The first-order valence-corrected chi connectivity index (χ1v) is 10.4. The van der Waals surface area contributed by atoms with Crippen LogP contribution in [0.4, 0.5) is 0 Å². The van der Waals surface area contributed by atoms with Crippen molar-refractivity contribution in [2.24, 2.45) is 22.2 Å². The molecule has 2 saturated carbocycles. The van der Waals surface area contributed by atoms with Gasteiger partial charge in [0.2, 0.25) is 0 Å². The van der Waals surface area contributed by atoms with Crippen LogP contribution in [0.25, 0.3) is 0 Å². The molecule has 1 N–H and O–H groups in total. The van der Waals surface area contributed by atoms with Crippen LogP contribution in [0.2, 0.25) is 0 Å². The predicted octanol–water partition coefficient (Wildman–Crippen LogP) is 4.30. The van der Waals surface area contributed by atoms with Crippen molar-refractivity contribution in [2.75, 3.05) is 32.8 Å². The van der Waals surface area contributed by atoms with Crippen molar-refractivity contribution in [1.82, 2.24) is 10.2 Å². The maximum atomic E-state index is 5.97. The van der Waals surface area contributed by atoms with Crippen LogP contribution >= 0.6 is 24.0 Å². The molecule has 5 heteroatoms. The van der Waals surface area contributed by atoms with E-state index in [1.165, 1.54) is 37.7 Å². The van der Waals surface area contributed by atoms with Gasteiger partial charge in [0.25, 0.3) is 0 Å². The molecule has 4 rings (SSSR count).